The fourth-order valence-corrected chi connectivity index (χ4v) is 2.91. The van der Waals surface area contributed by atoms with Crippen LogP contribution in [0.3, 0.4) is 0 Å². The number of benzene rings is 1. The third kappa shape index (κ3) is 5.49. The summed E-state index contributed by atoms with van der Waals surface area (Å²) in [4.78, 5) is 12.0. The number of ketones is 1. The number of allylic oxidation sites excluding steroid dienone is 3. The van der Waals surface area contributed by atoms with Crippen LogP contribution in [0.1, 0.15) is 70.3 Å². The van der Waals surface area contributed by atoms with Crippen LogP contribution in [-0.4, -0.2) is 23.1 Å². The van der Waals surface area contributed by atoms with Crippen molar-refractivity contribution in [3.8, 4) is 17.2 Å². The molecule has 0 unspecified atom stereocenters. The van der Waals surface area contributed by atoms with Gasteiger partial charge in [0.15, 0.2) is 5.78 Å². The normalized spacial score (nSPS) is 15.0. The fourth-order valence-electron chi connectivity index (χ4n) is 2.91. The maximum Gasteiger partial charge on any atom is 0.167 e. The zero-order chi connectivity index (χ0) is 20.2. The van der Waals surface area contributed by atoms with Gasteiger partial charge in [-0.15, -0.1) is 0 Å². The van der Waals surface area contributed by atoms with Crippen LogP contribution in [0.4, 0.5) is 0 Å². The van der Waals surface area contributed by atoms with E-state index in [0.29, 0.717) is 23.7 Å². The van der Waals surface area contributed by atoms with Gasteiger partial charge >= 0.3 is 0 Å². The molecule has 0 saturated carbocycles. The Balaban J connectivity index is 2.22. The summed E-state index contributed by atoms with van der Waals surface area (Å²) in [5.41, 5.74) is 2.90. The standard InChI is InChI=1S/C23H30O4/c1-15(2)8-7-9-16(3)11-13-26-20-14-19(25)21(17(4)24)22-18(20)10-12-23(5,6)27-22/h8,10-12,14,25H,7,9,13H2,1-6H3/b16-11+. The minimum atomic E-state index is -0.552. The van der Waals surface area contributed by atoms with Gasteiger partial charge in [-0.3, -0.25) is 4.79 Å². The Labute approximate surface area is 162 Å². The van der Waals surface area contributed by atoms with Crippen molar-refractivity contribution in [3.63, 3.8) is 0 Å². The lowest BCUT2D eigenvalue weighted by molar-refractivity contribution is 0.0996. The molecule has 1 N–H and O–H groups in total. The van der Waals surface area contributed by atoms with E-state index in [-0.39, 0.29) is 17.1 Å². The first-order chi connectivity index (χ1) is 12.6. The summed E-state index contributed by atoms with van der Waals surface area (Å²) < 4.78 is 11.9. The van der Waals surface area contributed by atoms with Crippen LogP contribution in [0.25, 0.3) is 6.08 Å². The van der Waals surface area contributed by atoms with Crippen LogP contribution in [0.5, 0.6) is 17.2 Å². The van der Waals surface area contributed by atoms with Crippen LogP contribution >= 0.6 is 0 Å². The number of rotatable bonds is 7. The number of aromatic hydroxyl groups is 1. The SMILES string of the molecule is CC(=O)c1c(O)cc(OC/C=C(\C)CCC=C(C)C)c2c1OC(C)(C)C=C2. The summed E-state index contributed by atoms with van der Waals surface area (Å²) >= 11 is 0. The van der Waals surface area contributed by atoms with Gasteiger partial charge in [-0.1, -0.05) is 17.2 Å². The number of carbonyl (C=O) groups excluding carboxylic acids is 1. The highest BCUT2D eigenvalue weighted by molar-refractivity contribution is 6.01. The lowest BCUT2D eigenvalue weighted by Gasteiger charge is -2.30. The molecule has 0 bridgehead atoms. The molecular formula is C23H30O4. The lowest BCUT2D eigenvalue weighted by atomic mass is 9.97. The number of Topliss-reactive ketones (excluding diaryl/α,β-unsaturated/α-hetero) is 1. The van der Waals surface area contributed by atoms with Gasteiger partial charge < -0.3 is 14.6 Å². The molecule has 0 aromatic heterocycles. The largest absolute Gasteiger partial charge is 0.507 e. The van der Waals surface area contributed by atoms with Crippen molar-refractivity contribution in [2.75, 3.05) is 6.61 Å². The Morgan fingerprint density at radius 3 is 2.56 bits per heavy atom. The van der Waals surface area contributed by atoms with Crippen LogP contribution in [0, 0.1) is 0 Å². The average Bonchev–Trinajstić information content (AvgIpc) is 2.52. The van der Waals surface area contributed by atoms with Crippen LogP contribution < -0.4 is 9.47 Å². The van der Waals surface area contributed by atoms with E-state index >= 15 is 0 Å². The number of hydrogen-bond acceptors (Lipinski definition) is 4. The zero-order valence-corrected chi connectivity index (χ0v) is 17.2. The Bertz CT molecular complexity index is 806. The number of phenols is 1. The number of fused-ring (bicyclic) bond motifs is 1. The smallest absolute Gasteiger partial charge is 0.167 e. The van der Waals surface area contributed by atoms with E-state index in [9.17, 15) is 9.90 Å². The summed E-state index contributed by atoms with van der Waals surface area (Å²) in [6, 6.07) is 1.49. The number of phenolic OH excluding ortho intramolecular Hbond substituents is 1. The Morgan fingerprint density at radius 2 is 1.93 bits per heavy atom. The van der Waals surface area contributed by atoms with Gasteiger partial charge in [0.2, 0.25) is 0 Å². The van der Waals surface area contributed by atoms with Gasteiger partial charge in [0.1, 0.15) is 35.0 Å². The van der Waals surface area contributed by atoms with Crippen molar-refractivity contribution >= 4 is 11.9 Å². The molecular weight excluding hydrogens is 340 g/mol. The van der Waals surface area contributed by atoms with E-state index < -0.39 is 5.60 Å². The monoisotopic (exact) mass is 370 g/mol. The third-order valence-corrected chi connectivity index (χ3v) is 4.39. The number of hydrogen-bond donors (Lipinski definition) is 1. The second-order valence-electron chi connectivity index (χ2n) is 7.79. The van der Waals surface area contributed by atoms with Crippen LogP contribution in [-0.2, 0) is 0 Å². The van der Waals surface area contributed by atoms with E-state index in [0.717, 1.165) is 12.8 Å². The molecule has 1 heterocycles. The molecule has 1 aromatic rings. The van der Waals surface area contributed by atoms with E-state index in [4.69, 9.17) is 9.47 Å². The van der Waals surface area contributed by atoms with Gasteiger partial charge in [-0.2, -0.15) is 0 Å². The quantitative estimate of drug-likeness (QED) is 0.483. The molecule has 2 rings (SSSR count). The van der Waals surface area contributed by atoms with E-state index in [1.54, 1.807) is 0 Å². The van der Waals surface area contributed by atoms with Crippen molar-refractivity contribution in [3.05, 3.63) is 46.6 Å². The Morgan fingerprint density at radius 1 is 1.22 bits per heavy atom. The molecule has 1 aliphatic rings. The highest BCUT2D eigenvalue weighted by Crippen LogP contribution is 2.44. The van der Waals surface area contributed by atoms with Gasteiger partial charge in [-0.05, 0) is 72.6 Å². The highest BCUT2D eigenvalue weighted by Gasteiger charge is 2.29. The summed E-state index contributed by atoms with van der Waals surface area (Å²) in [6.07, 6.45) is 10.1. The summed E-state index contributed by atoms with van der Waals surface area (Å²) in [5.74, 6) is 0.532. The minimum Gasteiger partial charge on any atom is -0.507 e. The first-order valence-electron chi connectivity index (χ1n) is 9.31. The van der Waals surface area contributed by atoms with Crippen molar-refractivity contribution in [1.82, 2.24) is 0 Å². The van der Waals surface area contributed by atoms with Gasteiger partial charge in [-0.25, -0.2) is 0 Å². The van der Waals surface area contributed by atoms with Gasteiger partial charge in [0.25, 0.3) is 0 Å². The second kappa shape index (κ2) is 8.47. The predicted octanol–water partition coefficient (Wildman–Crippen LogP) is 5.85. The Kier molecular flexibility index (Phi) is 6.53. The summed E-state index contributed by atoms with van der Waals surface area (Å²) in [6.45, 7) is 11.9. The molecule has 1 aromatic carbocycles. The molecule has 146 valence electrons. The molecule has 0 fully saturated rings. The summed E-state index contributed by atoms with van der Waals surface area (Å²) in [7, 11) is 0. The molecule has 0 aliphatic carbocycles. The van der Waals surface area contributed by atoms with Gasteiger partial charge in [0.05, 0.1) is 5.56 Å². The molecule has 4 heteroatoms. The Hall–Kier alpha value is -2.49. The van der Waals surface area contributed by atoms with Crippen molar-refractivity contribution in [2.24, 2.45) is 0 Å². The topological polar surface area (TPSA) is 55.8 Å². The molecule has 4 nitrogen and oxygen atoms in total. The first kappa shape index (κ1) is 20.8. The van der Waals surface area contributed by atoms with E-state index in [1.807, 2.05) is 32.1 Å². The zero-order valence-electron chi connectivity index (χ0n) is 17.2. The third-order valence-electron chi connectivity index (χ3n) is 4.39. The molecule has 27 heavy (non-hydrogen) atoms. The van der Waals surface area contributed by atoms with Crippen molar-refractivity contribution < 1.29 is 19.4 Å². The summed E-state index contributed by atoms with van der Waals surface area (Å²) in [5, 5.41) is 10.3. The molecule has 1 aliphatic heterocycles. The molecule has 0 spiro atoms. The van der Waals surface area contributed by atoms with E-state index in [2.05, 4.69) is 26.8 Å². The van der Waals surface area contributed by atoms with E-state index in [1.165, 1.54) is 24.1 Å². The van der Waals surface area contributed by atoms with Crippen molar-refractivity contribution in [1.29, 1.82) is 0 Å². The maximum absolute atomic E-state index is 12.0. The fraction of sp³-hybridized carbons (Fsp3) is 0.435. The van der Waals surface area contributed by atoms with Gasteiger partial charge in [0, 0.05) is 6.07 Å². The van der Waals surface area contributed by atoms with Crippen LogP contribution in [0.2, 0.25) is 0 Å². The van der Waals surface area contributed by atoms with Crippen molar-refractivity contribution in [2.45, 2.75) is 60.0 Å². The first-order valence-corrected chi connectivity index (χ1v) is 9.31. The minimum absolute atomic E-state index is 0.119. The highest BCUT2D eigenvalue weighted by atomic mass is 16.5. The number of ether oxygens (including phenoxy) is 2. The van der Waals surface area contributed by atoms with Crippen LogP contribution in [0.15, 0.2) is 35.4 Å². The lowest BCUT2D eigenvalue weighted by Crippen LogP contribution is -2.28. The molecule has 0 amide bonds. The number of carbonyl (C=O) groups is 1. The maximum atomic E-state index is 12.0. The molecule has 0 atom stereocenters. The predicted molar refractivity (Wildman–Crippen MR) is 110 cm³/mol. The second-order valence-corrected chi connectivity index (χ2v) is 7.79. The average molecular weight is 370 g/mol. The molecule has 0 radical (unpaired) electrons. The molecule has 0 saturated heterocycles.